The molecule has 0 atom stereocenters. The minimum absolute atomic E-state index is 0.271. The number of anilines is 1. The standard InChI is InChI=1S/C12H11FN6/c1-14-11-10-12(16-7-15-11)19(18-17-10)6-8-3-2-4-9(13)5-8/h2-5,7H,6H2,1H3,(H,14,15,16). The number of benzene rings is 1. The molecular weight excluding hydrogens is 247 g/mol. The molecule has 0 radical (unpaired) electrons. The predicted octanol–water partition coefficient (Wildman–Crippen LogP) is 1.45. The molecule has 0 unspecified atom stereocenters. The Morgan fingerprint density at radius 2 is 2.21 bits per heavy atom. The van der Waals surface area contributed by atoms with E-state index in [-0.39, 0.29) is 5.82 Å². The minimum atomic E-state index is -0.271. The second-order valence-corrected chi connectivity index (χ2v) is 4.02. The molecule has 0 saturated heterocycles. The Kier molecular flexibility index (Phi) is 2.79. The lowest BCUT2D eigenvalue weighted by atomic mass is 10.2. The third kappa shape index (κ3) is 2.10. The number of fused-ring (bicyclic) bond motifs is 1. The first-order valence-corrected chi connectivity index (χ1v) is 5.74. The molecule has 19 heavy (non-hydrogen) atoms. The molecule has 0 bridgehead atoms. The summed E-state index contributed by atoms with van der Waals surface area (Å²) in [6.45, 7) is 0.411. The summed E-state index contributed by atoms with van der Waals surface area (Å²) in [6.07, 6.45) is 1.44. The van der Waals surface area contributed by atoms with Crippen LogP contribution in [0.4, 0.5) is 10.2 Å². The summed E-state index contributed by atoms with van der Waals surface area (Å²) in [5.41, 5.74) is 2.02. The van der Waals surface area contributed by atoms with Gasteiger partial charge in [-0.2, -0.15) is 0 Å². The van der Waals surface area contributed by atoms with Crippen LogP contribution in [0.25, 0.3) is 11.2 Å². The zero-order chi connectivity index (χ0) is 13.2. The van der Waals surface area contributed by atoms with Gasteiger partial charge in [-0.25, -0.2) is 19.0 Å². The van der Waals surface area contributed by atoms with Crippen molar-refractivity contribution in [3.8, 4) is 0 Å². The van der Waals surface area contributed by atoms with Crippen LogP contribution in [0.15, 0.2) is 30.6 Å². The number of halogens is 1. The van der Waals surface area contributed by atoms with E-state index in [0.29, 0.717) is 23.5 Å². The molecule has 1 aromatic carbocycles. The van der Waals surface area contributed by atoms with Crippen molar-refractivity contribution in [2.75, 3.05) is 12.4 Å². The van der Waals surface area contributed by atoms with Crippen LogP contribution in [0.3, 0.4) is 0 Å². The molecule has 0 aliphatic carbocycles. The molecule has 0 aliphatic rings. The molecule has 7 heteroatoms. The van der Waals surface area contributed by atoms with Crippen molar-refractivity contribution in [2.45, 2.75) is 6.54 Å². The summed E-state index contributed by atoms with van der Waals surface area (Å²) in [5, 5.41) is 11.0. The van der Waals surface area contributed by atoms with E-state index >= 15 is 0 Å². The highest BCUT2D eigenvalue weighted by atomic mass is 19.1. The van der Waals surface area contributed by atoms with Crippen molar-refractivity contribution in [1.82, 2.24) is 25.0 Å². The molecule has 2 heterocycles. The number of hydrogen-bond donors (Lipinski definition) is 1. The predicted molar refractivity (Wildman–Crippen MR) is 68.2 cm³/mol. The first-order chi connectivity index (χ1) is 9.28. The average Bonchev–Trinajstić information content (AvgIpc) is 2.82. The molecule has 3 rings (SSSR count). The van der Waals surface area contributed by atoms with Crippen LogP contribution in [0.5, 0.6) is 0 Å². The smallest absolute Gasteiger partial charge is 0.184 e. The molecule has 2 aromatic heterocycles. The Hall–Kier alpha value is -2.57. The number of hydrogen-bond acceptors (Lipinski definition) is 5. The first-order valence-electron chi connectivity index (χ1n) is 5.74. The molecule has 96 valence electrons. The molecule has 0 spiro atoms. The molecule has 0 aliphatic heterocycles. The third-order valence-corrected chi connectivity index (χ3v) is 2.76. The molecule has 0 saturated carbocycles. The van der Waals surface area contributed by atoms with Crippen molar-refractivity contribution >= 4 is 17.0 Å². The number of aromatic nitrogens is 5. The van der Waals surface area contributed by atoms with Gasteiger partial charge in [0.2, 0.25) is 0 Å². The summed E-state index contributed by atoms with van der Waals surface area (Å²) >= 11 is 0. The zero-order valence-corrected chi connectivity index (χ0v) is 10.2. The van der Waals surface area contributed by atoms with E-state index in [1.165, 1.54) is 18.5 Å². The van der Waals surface area contributed by atoms with Crippen LogP contribution in [-0.2, 0) is 6.54 Å². The summed E-state index contributed by atoms with van der Waals surface area (Å²) in [5.74, 6) is 0.350. The van der Waals surface area contributed by atoms with Gasteiger partial charge in [-0.15, -0.1) is 5.10 Å². The van der Waals surface area contributed by atoms with Gasteiger partial charge in [0.25, 0.3) is 0 Å². The summed E-state index contributed by atoms with van der Waals surface area (Å²) in [6, 6.07) is 6.37. The Morgan fingerprint density at radius 1 is 1.32 bits per heavy atom. The first kappa shape index (κ1) is 11.5. The highest BCUT2D eigenvalue weighted by Gasteiger charge is 2.10. The van der Waals surface area contributed by atoms with E-state index < -0.39 is 0 Å². The lowest BCUT2D eigenvalue weighted by molar-refractivity contribution is 0.617. The van der Waals surface area contributed by atoms with Gasteiger partial charge in [-0.3, -0.25) is 0 Å². The fourth-order valence-corrected chi connectivity index (χ4v) is 1.89. The minimum Gasteiger partial charge on any atom is -0.371 e. The van der Waals surface area contributed by atoms with Crippen molar-refractivity contribution < 1.29 is 4.39 Å². The Labute approximate surface area is 108 Å². The van der Waals surface area contributed by atoms with Gasteiger partial charge in [-0.1, -0.05) is 17.3 Å². The number of nitrogens with one attached hydrogen (secondary N) is 1. The highest BCUT2D eigenvalue weighted by molar-refractivity contribution is 5.81. The van der Waals surface area contributed by atoms with E-state index in [0.717, 1.165) is 5.56 Å². The fraction of sp³-hybridized carbons (Fsp3) is 0.167. The zero-order valence-electron chi connectivity index (χ0n) is 10.2. The molecule has 3 aromatic rings. The Bertz CT molecular complexity index is 723. The van der Waals surface area contributed by atoms with Crippen molar-refractivity contribution in [1.29, 1.82) is 0 Å². The van der Waals surface area contributed by atoms with Crippen LogP contribution in [0.1, 0.15) is 5.56 Å². The number of nitrogens with zero attached hydrogens (tertiary/aromatic N) is 5. The number of rotatable bonds is 3. The van der Waals surface area contributed by atoms with Crippen molar-refractivity contribution in [2.24, 2.45) is 0 Å². The van der Waals surface area contributed by atoms with Gasteiger partial charge in [0.05, 0.1) is 6.54 Å². The van der Waals surface area contributed by atoms with Gasteiger partial charge >= 0.3 is 0 Å². The van der Waals surface area contributed by atoms with Gasteiger partial charge < -0.3 is 5.32 Å². The fourth-order valence-electron chi connectivity index (χ4n) is 1.89. The van der Waals surface area contributed by atoms with Gasteiger partial charge in [-0.05, 0) is 17.7 Å². The maximum Gasteiger partial charge on any atom is 0.184 e. The molecule has 1 N–H and O–H groups in total. The van der Waals surface area contributed by atoms with E-state index in [1.54, 1.807) is 17.8 Å². The van der Waals surface area contributed by atoms with E-state index in [2.05, 4.69) is 25.6 Å². The average molecular weight is 258 g/mol. The maximum atomic E-state index is 13.1. The van der Waals surface area contributed by atoms with Gasteiger partial charge in [0, 0.05) is 7.05 Å². The topological polar surface area (TPSA) is 68.5 Å². The van der Waals surface area contributed by atoms with Crippen LogP contribution in [0, 0.1) is 5.82 Å². The van der Waals surface area contributed by atoms with Crippen LogP contribution < -0.4 is 5.32 Å². The van der Waals surface area contributed by atoms with E-state index in [4.69, 9.17) is 0 Å². The van der Waals surface area contributed by atoms with Gasteiger partial charge in [0.15, 0.2) is 17.0 Å². The molecule has 0 fully saturated rings. The summed E-state index contributed by atoms with van der Waals surface area (Å²) in [4.78, 5) is 8.22. The van der Waals surface area contributed by atoms with Crippen LogP contribution >= 0.6 is 0 Å². The van der Waals surface area contributed by atoms with E-state index in [1.807, 2.05) is 6.07 Å². The van der Waals surface area contributed by atoms with Crippen molar-refractivity contribution in [3.05, 3.63) is 42.0 Å². The normalized spacial score (nSPS) is 10.8. The maximum absolute atomic E-state index is 13.1. The SMILES string of the molecule is CNc1ncnc2c1nnn2Cc1cccc(F)c1. The quantitative estimate of drug-likeness (QED) is 0.770. The van der Waals surface area contributed by atoms with Crippen molar-refractivity contribution in [3.63, 3.8) is 0 Å². The molecular formula is C12H11FN6. The second kappa shape index (κ2) is 4.60. The second-order valence-electron chi connectivity index (χ2n) is 4.02. The third-order valence-electron chi connectivity index (χ3n) is 2.76. The largest absolute Gasteiger partial charge is 0.371 e. The van der Waals surface area contributed by atoms with Gasteiger partial charge in [0.1, 0.15) is 12.1 Å². The summed E-state index contributed by atoms with van der Waals surface area (Å²) in [7, 11) is 1.76. The Morgan fingerprint density at radius 3 is 3.00 bits per heavy atom. The molecule has 0 amide bonds. The molecule has 6 nitrogen and oxygen atoms in total. The summed E-state index contributed by atoms with van der Waals surface area (Å²) < 4.78 is 14.8. The lowest BCUT2D eigenvalue weighted by Gasteiger charge is -2.02. The van der Waals surface area contributed by atoms with Crippen LogP contribution in [0.2, 0.25) is 0 Å². The monoisotopic (exact) mass is 258 g/mol. The highest BCUT2D eigenvalue weighted by Crippen LogP contribution is 2.16. The van der Waals surface area contributed by atoms with Crippen LogP contribution in [-0.4, -0.2) is 32.0 Å². The van der Waals surface area contributed by atoms with E-state index in [9.17, 15) is 4.39 Å². The Balaban J connectivity index is 2.02. The lowest BCUT2D eigenvalue weighted by Crippen LogP contribution is -2.03.